The largest absolute Gasteiger partial charge is 0.363 e. The molecule has 4 fully saturated rings. The van der Waals surface area contributed by atoms with E-state index in [-0.39, 0.29) is 35.5 Å². The van der Waals surface area contributed by atoms with E-state index >= 15 is 0 Å². The Balaban J connectivity index is 1.51. The quantitative estimate of drug-likeness (QED) is 0.179. The van der Waals surface area contributed by atoms with Gasteiger partial charge in [-0.05, 0) is 54.8 Å². The Labute approximate surface area is 272 Å². The topological polar surface area (TPSA) is 188 Å². The zero-order valence-corrected chi connectivity index (χ0v) is 28.9. The average Bonchev–Trinajstić information content (AvgIpc) is 3.24. The smallest absolute Gasteiger partial charge is 0.315 e. The third-order valence-corrected chi connectivity index (χ3v) is 12.5. The molecule has 2 saturated carbocycles. The minimum absolute atomic E-state index is 0.0398. The number of carbonyl (C=O) groups is 5. The lowest BCUT2D eigenvalue weighted by molar-refractivity contribution is -0.145. The molecule has 0 radical (unpaired) electrons. The van der Waals surface area contributed by atoms with E-state index in [9.17, 15) is 32.4 Å². The highest BCUT2D eigenvalue weighted by Gasteiger charge is 2.70. The second kappa shape index (κ2) is 13.2. The first kappa shape index (κ1) is 35.8. The first-order chi connectivity index (χ1) is 21.3. The fourth-order valence-electron chi connectivity index (χ4n) is 7.25. The molecule has 2 aliphatic heterocycles. The number of nitrogens with zero attached hydrogens (tertiary/aromatic N) is 2. The number of rotatable bonds is 12. The zero-order chi connectivity index (χ0) is 34.4. The molecule has 6 atom stereocenters. The number of piperidine rings is 1. The van der Waals surface area contributed by atoms with Crippen LogP contribution in [0, 0.1) is 28.6 Å². The van der Waals surface area contributed by atoms with Crippen LogP contribution in [0.5, 0.6) is 0 Å². The van der Waals surface area contributed by atoms with Crippen molar-refractivity contribution in [3.05, 3.63) is 12.2 Å². The number of amides is 5. The molecule has 0 bridgehead atoms. The van der Waals surface area contributed by atoms with Gasteiger partial charge in [0.1, 0.15) is 12.1 Å². The molecule has 4 aliphatic rings. The summed E-state index contributed by atoms with van der Waals surface area (Å²) in [6, 6.07) is -4.32. The van der Waals surface area contributed by atoms with Crippen LogP contribution in [0.2, 0.25) is 0 Å². The predicted octanol–water partition coefficient (Wildman–Crippen LogP) is 1.28. The van der Waals surface area contributed by atoms with Gasteiger partial charge < -0.3 is 26.6 Å². The summed E-state index contributed by atoms with van der Waals surface area (Å²) in [7, 11) is -3.43. The molecule has 1 unspecified atom stereocenters. The number of nitrogens with two attached hydrogens (primary N) is 1. The number of fused-ring (bicyclic) bond motifs is 1. The minimum atomic E-state index is -3.43. The van der Waals surface area contributed by atoms with Crippen molar-refractivity contribution in [1.29, 1.82) is 0 Å². The van der Waals surface area contributed by atoms with E-state index < -0.39 is 69.1 Å². The Morgan fingerprint density at radius 2 is 1.65 bits per heavy atom. The lowest BCUT2D eigenvalue weighted by Gasteiger charge is -2.38. The van der Waals surface area contributed by atoms with Gasteiger partial charge in [0.25, 0.3) is 5.91 Å². The minimum Gasteiger partial charge on any atom is -0.363 e. The highest BCUT2D eigenvalue weighted by atomic mass is 32.2. The van der Waals surface area contributed by atoms with E-state index in [0.717, 1.165) is 25.7 Å². The fraction of sp³-hybridized carbons (Fsp3) is 0.781. The standard InChI is InChI=1S/C32H52N6O7S/c1-18(2)22(17-37-13-8-9-14-46(37,44)45)35-30(43)36-26(31(3,4)5)29(42)38-16-20-23(32(20,6)7)24(38)28(41)34-21(25(39)27(33)40)15-19-11-10-12-19/h19-24,26H,1,8-17H2,2-7H3,(H2,33,40)(H,34,41)(H2,35,36,43)/t20-,21?,22+,23-,24-,26+/m0/s1. The van der Waals surface area contributed by atoms with Gasteiger partial charge in [-0.25, -0.2) is 13.2 Å². The van der Waals surface area contributed by atoms with Crippen molar-refractivity contribution in [2.75, 3.05) is 25.4 Å². The van der Waals surface area contributed by atoms with E-state index in [1.165, 1.54) is 9.21 Å². The highest BCUT2D eigenvalue weighted by molar-refractivity contribution is 7.89. The molecule has 13 nitrogen and oxygen atoms in total. The van der Waals surface area contributed by atoms with Crippen molar-refractivity contribution in [1.82, 2.24) is 25.2 Å². The van der Waals surface area contributed by atoms with Gasteiger partial charge in [-0.15, -0.1) is 0 Å². The summed E-state index contributed by atoms with van der Waals surface area (Å²) in [5, 5.41) is 8.39. The number of Topliss-reactive ketones (excluding diaryl/α,β-unsaturated/α-hetero) is 1. The molecule has 2 saturated heterocycles. The number of hydrogen-bond donors (Lipinski definition) is 4. The number of likely N-dealkylation sites (tertiary alicyclic amines) is 1. The van der Waals surface area contributed by atoms with Gasteiger partial charge in [0.2, 0.25) is 27.6 Å². The molecule has 0 spiro atoms. The van der Waals surface area contributed by atoms with Crippen LogP contribution in [-0.4, -0.2) is 96.7 Å². The van der Waals surface area contributed by atoms with Crippen molar-refractivity contribution in [2.45, 2.75) is 104 Å². The summed E-state index contributed by atoms with van der Waals surface area (Å²) in [6.45, 7) is 15.9. The highest BCUT2D eigenvalue weighted by Crippen LogP contribution is 2.65. The Kier molecular flexibility index (Phi) is 10.3. The molecule has 14 heteroatoms. The third-order valence-electron chi connectivity index (χ3n) is 10.6. The van der Waals surface area contributed by atoms with E-state index in [1.54, 1.807) is 6.92 Å². The Morgan fingerprint density at radius 1 is 1.00 bits per heavy atom. The van der Waals surface area contributed by atoms with Crippen molar-refractivity contribution in [3.8, 4) is 0 Å². The van der Waals surface area contributed by atoms with Gasteiger partial charge in [-0.1, -0.05) is 66.0 Å². The van der Waals surface area contributed by atoms with Gasteiger partial charge in [0.05, 0.1) is 17.8 Å². The molecule has 258 valence electrons. The van der Waals surface area contributed by atoms with Crippen molar-refractivity contribution in [2.24, 2.45) is 34.3 Å². The third kappa shape index (κ3) is 7.58. The number of nitrogens with one attached hydrogen (secondary N) is 3. The summed E-state index contributed by atoms with van der Waals surface area (Å²) in [5.41, 5.74) is 4.92. The number of carbonyl (C=O) groups excluding carboxylic acids is 5. The molecule has 0 aromatic carbocycles. The van der Waals surface area contributed by atoms with Gasteiger partial charge in [-0.3, -0.25) is 19.2 Å². The number of hydrogen-bond acceptors (Lipinski definition) is 7. The maximum absolute atomic E-state index is 14.3. The van der Waals surface area contributed by atoms with Crippen molar-refractivity contribution in [3.63, 3.8) is 0 Å². The van der Waals surface area contributed by atoms with Gasteiger partial charge in [0.15, 0.2) is 0 Å². The van der Waals surface area contributed by atoms with Crippen LogP contribution >= 0.6 is 0 Å². The molecule has 0 aromatic heterocycles. The molecule has 5 N–H and O–H groups in total. The average molecular weight is 665 g/mol. The zero-order valence-electron chi connectivity index (χ0n) is 28.1. The molecule has 2 heterocycles. The van der Waals surface area contributed by atoms with Crippen molar-refractivity contribution < 1.29 is 32.4 Å². The van der Waals surface area contributed by atoms with E-state index in [4.69, 9.17) is 5.73 Å². The first-order valence-electron chi connectivity index (χ1n) is 16.4. The number of primary amides is 1. The Morgan fingerprint density at radius 3 is 2.17 bits per heavy atom. The Hall–Kier alpha value is -3.00. The summed E-state index contributed by atoms with van der Waals surface area (Å²) in [6.07, 6.45) is 4.49. The van der Waals surface area contributed by atoms with Crippen LogP contribution in [0.4, 0.5) is 4.79 Å². The van der Waals surface area contributed by atoms with E-state index in [2.05, 4.69) is 22.5 Å². The van der Waals surface area contributed by atoms with Crippen LogP contribution in [0.25, 0.3) is 0 Å². The predicted molar refractivity (Wildman–Crippen MR) is 172 cm³/mol. The lowest BCUT2D eigenvalue weighted by Crippen LogP contribution is -2.62. The lowest BCUT2D eigenvalue weighted by atomic mass is 9.80. The SMILES string of the molecule is C=C(C)[C@@H](CN1CCCCS1(=O)=O)NC(=O)N[C@H](C(=O)N1C[C@H]2[C@@H]([C@H]1C(=O)NC(CC1CCC1)C(=O)C(N)=O)C2(C)C)C(C)(C)C. The summed E-state index contributed by atoms with van der Waals surface area (Å²) in [5.74, 6) is -2.73. The molecule has 2 aliphatic carbocycles. The van der Waals surface area contributed by atoms with Gasteiger partial charge >= 0.3 is 6.03 Å². The second-order valence-corrected chi connectivity index (χ2v) is 17.5. The molecular formula is C32H52N6O7S. The molecule has 46 heavy (non-hydrogen) atoms. The maximum Gasteiger partial charge on any atom is 0.315 e. The number of sulfonamides is 1. The van der Waals surface area contributed by atoms with Crippen LogP contribution in [0.1, 0.15) is 80.1 Å². The van der Waals surface area contributed by atoms with Crippen molar-refractivity contribution >= 4 is 39.6 Å². The molecule has 0 aromatic rings. The molecule has 4 rings (SSSR count). The van der Waals surface area contributed by atoms with Crippen LogP contribution in [0.3, 0.4) is 0 Å². The number of urea groups is 1. The van der Waals surface area contributed by atoms with Gasteiger partial charge in [0, 0.05) is 19.6 Å². The summed E-state index contributed by atoms with van der Waals surface area (Å²) < 4.78 is 26.5. The number of ketones is 1. The summed E-state index contributed by atoms with van der Waals surface area (Å²) >= 11 is 0. The summed E-state index contributed by atoms with van der Waals surface area (Å²) in [4.78, 5) is 67.6. The fourth-order valence-corrected chi connectivity index (χ4v) is 8.87. The molecule has 5 amide bonds. The van der Waals surface area contributed by atoms with E-state index in [0.29, 0.717) is 31.5 Å². The van der Waals surface area contributed by atoms with E-state index in [1.807, 2.05) is 34.6 Å². The second-order valence-electron chi connectivity index (χ2n) is 15.4. The Bertz CT molecular complexity index is 1370. The monoisotopic (exact) mass is 664 g/mol. The van der Waals surface area contributed by atoms with Crippen LogP contribution in [0.15, 0.2) is 12.2 Å². The maximum atomic E-state index is 14.3. The first-order valence-corrected chi connectivity index (χ1v) is 18.0. The van der Waals surface area contributed by atoms with Crippen LogP contribution < -0.4 is 21.7 Å². The van der Waals surface area contributed by atoms with Gasteiger partial charge in [-0.2, -0.15) is 4.31 Å². The molecular weight excluding hydrogens is 612 g/mol. The normalized spacial score (nSPS) is 27.3. The van der Waals surface area contributed by atoms with Crippen LogP contribution in [-0.2, 0) is 29.2 Å².